The minimum absolute atomic E-state index is 0.0379. The maximum Gasteiger partial charge on any atom is 0.317 e. The molecule has 0 bridgehead atoms. The van der Waals surface area contributed by atoms with Crippen molar-refractivity contribution in [2.24, 2.45) is 23.3 Å². The smallest absolute Gasteiger partial charge is 0.317 e. The fraction of sp³-hybridized carbons (Fsp3) is 0.583. The number of carbonyl (C=O) groups excluding carboxylic acids is 12. The second kappa shape index (κ2) is 41.3. The van der Waals surface area contributed by atoms with E-state index < -0.39 is 131 Å². The number of benzene rings is 2. The number of aromatic amines is 2. The minimum atomic E-state index is -1.46. The van der Waals surface area contributed by atoms with Crippen molar-refractivity contribution in [1.29, 1.82) is 0 Å². The summed E-state index contributed by atoms with van der Waals surface area (Å²) in [6, 6.07) is 4.18. The number of primary amides is 2. The van der Waals surface area contributed by atoms with Crippen molar-refractivity contribution in [3.8, 4) is 0 Å². The molecular formula is C72H108N18O14S. The van der Waals surface area contributed by atoms with Gasteiger partial charge in [0.25, 0.3) is 5.91 Å². The van der Waals surface area contributed by atoms with Gasteiger partial charge in [0.15, 0.2) is 0 Å². The Labute approximate surface area is 616 Å². The first-order valence-corrected chi connectivity index (χ1v) is 37.5. The summed E-state index contributed by atoms with van der Waals surface area (Å²) in [4.78, 5) is 192. The van der Waals surface area contributed by atoms with E-state index in [1.165, 1.54) is 55.5 Å². The van der Waals surface area contributed by atoms with Gasteiger partial charge in [-0.05, 0) is 125 Å². The number of nitrogens with one attached hydrogen (secondary N) is 12. The number of carbonyl (C=O) groups is 13. The van der Waals surface area contributed by atoms with Crippen LogP contribution >= 0.6 is 11.8 Å². The maximum atomic E-state index is 14.5. The van der Waals surface area contributed by atoms with Gasteiger partial charge in [0.05, 0.1) is 26.0 Å². The third-order valence-corrected chi connectivity index (χ3v) is 19.8. The molecule has 12 amide bonds. The highest BCUT2D eigenvalue weighted by Gasteiger charge is 2.48. The third kappa shape index (κ3) is 25.7. The van der Waals surface area contributed by atoms with Crippen LogP contribution in [0.15, 0.2) is 67.3 Å². The largest absolute Gasteiger partial charge is 0.480 e. The van der Waals surface area contributed by atoms with Gasteiger partial charge in [-0.1, -0.05) is 79.5 Å². The van der Waals surface area contributed by atoms with Gasteiger partial charge < -0.3 is 79.7 Å². The van der Waals surface area contributed by atoms with Gasteiger partial charge in [-0.15, -0.1) is 0 Å². The van der Waals surface area contributed by atoms with Crippen LogP contribution in [-0.4, -0.2) is 236 Å². The Morgan fingerprint density at radius 2 is 1.28 bits per heavy atom. The van der Waals surface area contributed by atoms with Crippen LogP contribution in [0.5, 0.6) is 0 Å². The average molecular weight is 1480 g/mol. The molecule has 33 heteroatoms. The number of aromatic nitrogens is 3. The lowest BCUT2D eigenvalue weighted by molar-refractivity contribution is -0.140. The summed E-state index contributed by atoms with van der Waals surface area (Å²) in [5, 5.41) is 37.2. The summed E-state index contributed by atoms with van der Waals surface area (Å²) in [5.41, 5.74) is 12.6. The number of imidazole rings is 1. The molecule has 10 unspecified atom stereocenters. The summed E-state index contributed by atoms with van der Waals surface area (Å²) in [6.45, 7) is 16.7. The summed E-state index contributed by atoms with van der Waals surface area (Å²) >= 11 is 1.46. The molecule has 2 aliphatic rings. The molecule has 105 heavy (non-hydrogen) atoms. The Balaban J connectivity index is 1.07. The molecule has 4 aromatic rings. The van der Waals surface area contributed by atoms with Gasteiger partial charge in [-0.3, -0.25) is 77.0 Å². The van der Waals surface area contributed by atoms with Crippen LogP contribution in [0, 0.1) is 11.8 Å². The normalized spacial score (nSPS) is 18.1. The van der Waals surface area contributed by atoms with Gasteiger partial charge in [0.1, 0.15) is 42.3 Å². The van der Waals surface area contributed by atoms with Crippen molar-refractivity contribution in [3.05, 3.63) is 84.1 Å². The number of carboxylic acid groups (broad SMARTS) is 1. The summed E-state index contributed by atoms with van der Waals surface area (Å²) in [7, 11) is 0. The number of nitrogens with zero attached hydrogens (tertiary/aromatic N) is 4. The number of aliphatic carboxylic acids is 1. The molecule has 0 radical (unpaired) electrons. The number of anilines is 1. The zero-order chi connectivity index (χ0) is 77.1. The molecule has 2 aromatic heterocycles. The predicted molar refractivity (Wildman–Crippen MR) is 396 cm³/mol. The van der Waals surface area contributed by atoms with E-state index in [0.717, 1.165) is 32.2 Å². The van der Waals surface area contributed by atoms with Crippen LogP contribution in [-0.2, 0) is 70.4 Å². The summed E-state index contributed by atoms with van der Waals surface area (Å²) in [5.74, 6) is -9.86. The molecule has 1 aliphatic carbocycles. The number of thioether (sulfide) groups is 1. The number of para-hydroxylation sites is 1. The van der Waals surface area contributed by atoms with E-state index in [1.807, 2.05) is 26.2 Å². The van der Waals surface area contributed by atoms with Crippen molar-refractivity contribution >= 4 is 105 Å². The highest BCUT2D eigenvalue weighted by molar-refractivity contribution is 7.98. The molecule has 32 nitrogen and oxygen atoms in total. The molecule has 2 aromatic carbocycles. The lowest BCUT2D eigenvalue weighted by Crippen LogP contribution is -2.60. The number of likely N-dealkylation sites (N-methyl/N-ethyl adjacent to an activating group) is 2. The molecular weight excluding hydrogens is 1370 g/mol. The molecule has 1 aliphatic heterocycles. The fourth-order valence-electron chi connectivity index (χ4n) is 13.7. The van der Waals surface area contributed by atoms with Crippen LogP contribution in [0.4, 0.5) is 5.69 Å². The molecule has 3 heterocycles. The number of amides is 12. The van der Waals surface area contributed by atoms with E-state index >= 15 is 0 Å². The molecule has 2 fully saturated rings. The van der Waals surface area contributed by atoms with E-state index in [9.17, 15) is 67.4 Å². The molecule has 6 rings (SSSR count). The van der Waals surface area contributed by atoms with Crippen molar-refractivity contribution in [2.75, 3.05) is 69.7 Å². The number of fused-ring (bicyclic) bond motifs is 2. The molecule has 576 valence electrons. The molecule has 1 saturated heterocycles. The Bertz CT molecular complexity index is 3630. The highest BCUT2D eigenvalue weighted by Crippen LogP contribution is 2.36. The summed E-state index contributed by atoms with van der Waals surface area (Å²) < 4.78 is 0. The number of hydrogen-bond acceptors (Lipinski definition) is 18. The SMILES string of the molecule is CCN1CC(CCC(=O)NCC(=O)Nc2ccc(C(=O)NC(CCC(N)=O)C(=O)NC(Cc3c[nH]c4ccccc34)C(=O)NC(C)C(=O)NC(C(=O)NCC(=O)NC(Cc3cnc[nH]3)C(=O)NC(CC(C)C)C(=O)NC(CCSC)C(N)=O)C(C)C)cc2)(N(CC)CC)CN(CC(=O)O)C2CCCCC21. The highest BCUT2D eigenvalue weighted by atomic mass is 32.2. The fourth-order valence-corrected chi connectivity index (χ4v) is 14.2. The Kier molecular flexibility index (Phi) is 33.2. The lowest BCUT2D eigenvalue weighted by atomic mass is 9.88. The standard InChI is InChI=1S/C72H108N18O14S/c1-10-88-39-72(90(11-2)12-3,40-89(38-62(95)96)57-20-16-15-19-56(57)88)29-27-59(92)77-36-60(93)81-47-23-21-45(22-24-47)66(99)84-52(25-26-58(73)91)67(100)86-54(32-46-34-76-50-18-14-13-17-49(46)50)68(101)80-44(8)65(98)87-63(43(6)7)71(104)78-37-61(94)82-55(33-48-35-75-41-79-48)70(103)85-53(31-42(4)5)69(102)83-51(64(74)97)28-30-105-9/h13-14,17-18,21-24,34-35,41-44,51-57,63,76H,10-12,15-16,19-20,25-33,36-40H2,1-9H3,(H2,73,91)(H2,74,97)(H,75,79)(H,77,92)(H,78,104)(H,80,101)(H,81,93)(H,82,94)(H,83,102)(H,84,99)(H,85,103)(H,86,100)(H,87,98)(H,95,96). The van der Waals surface area contributed by atoms with Crippen LogP contribution < -0.4 is 64.6 Å². The van der Waals surface area contributed by atoms with Gasteiger partial charge in [0, 0.05) is 96.6 Å². The second-order valence-electron chi connectivity index (χ2n) is 27.8. The topological polar surface area (TPSA) is 469 Å². The number of nitrogens with two attached hydrogens (primary N) is 2. The maximum absolute atomic E-state index is 14.5. The first kappa shape index (κ1) is 84.5. The molecule has 1 saturated carbocycles. The predicted octanol–water partition coefficient (Wildman–Crippen LogP) is 0.674. The number of carboxylic acids is 1. The minimum Gasteiger partial charge on any atom is -0.480 e. The van der Waals surface area contributed by atoms with Crippen LogP contribution in [0.25, 0.3) is 10.9 Å². The van der Waals surface area contributed by atoms with Crippen LogP contribution in [0.1, 0.15) is 141 Å². The van der Waals surface area contributed by atoms with Crippen LogP contribution in [0.3, 0.4) is 0 Å². The van der Waals surface area contributed by atoms with Gasteiger partial charge in [-0.25, -0.2) is 4.98 Å². The van der Waals surface area contributed by atoms with E-state index in [0.29, 0.717) is 60.5 Å². The quantitative estimate of drug-likeness (QED) is 0.0290. The van der Waals surface area contributed by atoms with Gasteiger partial charge in [0.2, 0.25) is 65.0 Å². The second-order valence-corrected chi connectivity index (χ2v) is 28.7. The lowest BCUT2D eigenvalue weighted by Gasteiger charge is -2.46. The van der Waals surface area contributed by atoms with Gasteiger partial charge >= 0.3 is 5.97 Å². The molecule has 10 atom stereocenters. The number of H-pyrrole nitrogens is 2. The van der Waals surface area contributed by atoms with E-state index in [1.54, 1.807) is 38.2 Å². The van der Waals surface area contributed by atoms with E-state index in [4.69, 9.17) is 11.5 Å². The number of rotatable bonds is 42. The van der Waals surface area contributed by atoms with Crippen molar-refractivity contribution in [2.45, 2.75) is 192 Å². The van der Waals surface area contributed by atoms with E-state index in [-0.39, 0.29) is 93.2 Å². The Morgan fingerprint density at radius 1 is 0.657 bits per heavy atom. The van der Waals surface area contributed by atoms with Crippen molar-refractivity contribution in [3.63, 3.8) is 0 Å². The van der Waals surface area contributed by atoms with E-state index in [2.05, 4.69) is 104 Å². The van der Waals surface area contributed by atoms with Crippen molar-refractivity contribution < 1.29 is 67.4 Å². The van der Waals surface area contributed by atoms with Crippen molar-refractivity contribution in [1.82, 2.24) is 77.5 Å². The molecule has 0 spiro atoms. The zero-order valence-corrected chi connectivity index (χ0v) is 62.5. The first-order chi connectivity index (χ1) is 50.0. The third-order valence-electron chi connectivity index (χ3n) is 19.2. The average Bonchev–Trinajstić information content (AvgIpc) is 1.64. The monoisotopic (exact) mass is 1480 g/mol. The zero-order valence-electron chi connectivity index (χ0n) is 61.7. The summed E-state index contributed by atoms with van der Waals surface area (Å²) in [6.07, 6.45) is 10.3. The Morgan fingerprint density at radius 3 is 1.90 bits per heavy atom. The van der Waals surface area contributed by atoms with Crippen LogP contribution in [0.2, 0.25) is 0 Å². The first-order valence-electron chi connectivity index (χ1n) is 36.1. The number of hydrogen-bond donors (Lipinski definition) is 15. The Hall–Kier alpha value is -9.47. The van der Waals surface area contributed by atoms with Gasteiger partial charge in [-0.2, -0.15) is 11.8 Å². The molecule has 17 N–H and O–H groups in total.